The molecule has 1 aromatic rings. The van der Waals surface area contributed by atoms with Crippen LogP contribution in [0.4, 0.5) is 0 Å². The normalized spacial score (nSPS) is 24.4. The van der Waals surface area contributed by atoms with Crippen molar-refractivity contribution >= 4 is 0 Å². The molecule has 1 heterocycles. The second-order valence-electron chi connectivity index (χ2n) is 4.44. The lowest BCUT2D eigenvalue weighted by molar-refractivity contribution is 0.269. The number of hydrogen-bond acceptors (Lipinski definition) is 3. The number of nitrogens with zero attached hydrogens (tertiary/aromatic N) is 2. The van der Waals surface area contributed by atoms with Crippen LogP contribution in [0.3, 0.4) is 0 Å². The van der Waals surface area contributed by atoms with Gasteiger partial charge in [0.1, 0.15) is 0 Å². The lowest BCUT2D eigenvalue weighted by atomic mass is 10.3. The van der Waals surface area contributed by atoms with Gasteiger partial charge in [0.15, 0.2) is 0 Å². The number of nitrogens with one attached hydrogen (secondary N) is 1. The van der Waals surface area contributed by atoms with Gasteiger partial charge in [-0.2, -0.15) is 5.10 Å². The molecular weight excluding hydrogens is 190 g/mol. The highest BCUT2D eigenvalue weighted by molar-refractivity contribution is 5.03. The fraction of sp³-hybridized carbons (Fsp3) is 0.727. The highest BCUT2D eigenvalue weighted by Gasteiger charge is 2.31. The molecule has 1 aromatic heterocycles. The quantitative estimate of drug-likeness (QED) is 0.722. The van der Waals surface area contributed by atoms with Crippen LogP contribution in [0.25, 0.3) is 0 Å². The van der Waals surface area contributed by atoms with Gasteiger partial charge in [0, 0.05) is 18.3 Å². The fourth-order valence-electron chi connectivity index (χ4n) is 1.81. The largest absolute Gasteiger partial charge is 0.394 e. The number of rotatable bonds is 6. The zero-order valence-corrected chi connectivity index (χ0v) is 9.19. The van der Waals surface area contributed by atoms with Gasteiger partial charge in [-0.25, -0.2) is 0 Å². The topological polar surface area (TPSA) is 50.1 Å². The van der Waals surface area contributed by atoms with E-state index in [9.17, 15) is 0 Å². The maximum atomic E-state index is 8.74. The van der Waals surface area contributed by atoms with Crippen molar-refractivity contribution in [3.8, 4) is 0 Å². The number of hydrogen-bond donors (Lipinski definition) is 2. The van der Waals surface area contributed by atoms with Gasteiger partial charge >= 0.3 is 0 Å². The lowest BCUT2D eigenvalue weighted by Gasteiger charge is -2.00. The Labute approximate surface area is 90.3 Å². The Hall–Kier alpha value is -0.870. The summed E-state index contributed by atoms with van der Waals surface area (Å²) in [5.41, 5.74) is 1.19. The van der Waals surface area contributed by atoms with Gasteiger partial charge in [-0.3, -0.25) is 4.68 Å². The minimum Gasteiger partial charge on any atom is -0.394 e. The summed E-state index contributed by atoms with van der Waals surface area (Å²) >= 11 is 0. The van der Waals surface area contributed by atoms with E-state index >= 15 is 0 Å². The van der Waals surface area contributed by atoms with E-state index in [4.69, 9.17) is 5.11 Å². The van der Waals surface area contributed by atoms with Crippen molar-refractivity contribution < 1.29 is 5.11 Å². The number of aliphatic hydroxyl groups is 1. The monoisotopic (exact) mass is 209 g/mol. The first-order chi connectivity index (χ1) is 7.29. The summed E-state index contributed by atoms with van der Waals surface area (Å²) in [7, 11) is 0. The Morgan fingerprint density at radius 1 is 1.67 bits per heavy atom. The molecule has 84 valence electrons. The molecule has 2 atom stereocenters. The Kier molecular flexibility index (Phi) is 3.38. The van der Waals surface area contributed by atoms with Crippen LogP contribution in [0.5, 0.6) is 0 Å². The summed E-state index contributed by atoms with van der Waals surface area (Å²) in [5, 5.41) is 16.3. The number of aliphatic hydroxyl groups excluding tert-OH is 1. The van der Waals surface area contributed by atoms with Crippen LogP contribution < -0.4 is 5.32 Å². The van der Waals surface area contributed by atoms with Crippen LogP contribution in [0, 0.1) is 11.8 Å². The maximum absolute atomic E-state index is 8.74. The van der Waals surface area contributed by atoms with E-state index in [0.717, 1.165) is 24.9 Å². The summed E-state index contributed by atoms with van der Waals surface area (Å²) in [6, 6.07) is 0. The smallest absolute Gasteiger partial charge is 0.0640 e. The van der Waals surface area contributed by atoms with E-state index in [2.05, 4.69) is 17.3 Å². The van der Waals surface area contributed by atoms with Crippen molar-refractivity contribution in [3.63, 3.8) is 0 Å². The predicted molar refractivity (Wildman–Crippen MR) is 58.3 cm³/mol. The Bertz CT molecular complexity index is 311. The second-order valence-corrected chi connectivity index (χ2v) is 4.44. The summed E-state index contributed by atoms with van der Waals surface area (Å²) < 4.78 is 1.77. The molecule has 0 spiro atoms. The van der Waals surface area contributed by atoms with E-state index in [1.54, 1.807) is 4.68 Å². The average Bonchev–Trinajstić information content (AvgIpc) is 2.74. The summed E-state index contributed by atoms with van der Waals surface area (Å²) in [5.74, 6) is 1.80. The molecule has 0 bridgehead atoms. The average molecular weight is 209 g/mol. The molecule has 1 saturated carbocycles. The van der Waals surface area contributed by atoms with Crippen LogP contribution in [-0.2, 0) is 13.1 Å². The van der Waals surface area contributed by atoms with Crippen LogP contribution >= 0.6 is 0 Å². The minimum atomic E-state index is 0.147. The van der Waals surface area contributed by atoms with Crippen molar-refractivity contribution in [2.24, 2.45) is 11.8 Å². The molecule has 1 aliphatic carbocycles. The first-order valence-electron chi connectivity index (χ1n) is 5.62. The Morgan fingerprint density at radius 2 is 2.47 bits per heavy atom. The molecule has 0 radical (unpaired) electrons. The standard InChI is InChI=1S/C11H19N3O/c1-9-4-11(9)7-12-5-10-6-13-14(8-10)2-3-15/h6,8-9,11-12,15H,2-5,7H2,1H3. The van der Waals surface area contributed by atoms with E-state index in [-0.39, 0.29) is 6.61 Å². The van der Waals surface area contributed by atoms with Crippen LogP contribution in [0.1, 0.15) is 18.9 Å². The first kappa shape index (κ1) is 10.6. The molecule has 2 rings (SSSR count). The number of aromatic nitrogens is 2. The van der Waals surface area contributed by atoms with Gasteiger partial charge in [-0.05, 0) is 24.8 Å². The van der Waals surface area contributed by atoms with Crippen LogP contribution in [0.15, 0.2) is 12.4 Å². The van der Waals surface area contributed by atoms with E-state index in [1.807, 2.05) is 12.4 Å². The van der Waals surface area contributed by atoms with Gasteiger partial charge in [0.2, 0.25) is 0 Å². The maximum Gasteiger partial charge on any atom is 0.0640 e. The Balaban J connectivity index is 1.68. The molecule has 0 saturated heterocycles. The second kappa shape index (κ2) is 4.77. The van der Waals surface area contributed by atoms with Crippen LogP contribution in [-0.4, -0.2) is 28.0 Å². The molecule has 0 aliphatic heterocycles. The van der Waals surface area contributed by atoms with Crippen molar-refractivity contribution in [1.82, 2.24) is 15.1 Å². The van der Waals surface area contributed by atoms with Crippen molar-refractivity contribution in [3.05, 3.63) is 18.0 Å². The predicted octanol–water partition coefficient (Wildman–Crippen LogP) is 0.621. The Morgan fingerprint density at radius 3 is 3.13 bits per heavy atom. The molecule has 1 fully saturated rings. The molecule has 4 nitrogen and oxygen atoms in total. The van der Waals surface area contributed by atoms with Gasteiger partial charge in [0.05, 0.1) is 19.3 Å². The van der Waals surface area contributed by atoms with Gasteiger partial charge in [0.25, 0.3) is 0 Å². The highest BCUT2D eigenvalue weighted by atomic mass is 16.3. The molecular formula is C11H19N3O. The van der Waals surface area contributed by atoms with Gasteiger partial charge in [-0.15, -0.1) is 0 Å². The molecule has 4 heteroatoms. The van der Waals surface area contributed by atoms with Crippen LogP contribution in [0.2, 0.25) is 0 Å². The summed E-state index contributed by atoms with van der Waals surface area (Å²) in [6.07, 6.45) is 5.22. The molecule has 0 aromatic carbocycles. The van der Waals surface area contributed by atoms with Gasteiger partial charge in [-0.1, -0.05) is 6.92 Å². The summed E-state index contributed by atoms with van der Waals surface area (Å²) in [6.45, 7) is 5.03. The molecule has 15 heavy (non-hydrogen) atoms. The zero-order valence-electron chi connectivity index (χ0n) is 9.19. The van der Waals surface area contributed by atoms with Crippen molar-refractivity contribution in [2.75, 3.05) is 13.2 Å². The summed E-state index contributed by atoms with van der Waals surface area (Å²) in [4.78, 5) is 0. The van der Waals surface area contributed by atoms with Gasteiger partial charge < -0.3 is 10.4 Å². The highest BCUT2D eigenvalue weighted by Crippen LogP contribution is 2.36. The van der Waals surface area contributed by atoms with E-state index in [0.29, 0.717) is 6.54 Å². The third-order valence-electron chi connectivity index (χ3n) is 3.03. The molecule has 2 unspecified atom stereocenters. The SMILES string of the molecule is CC1CC1CNCc1cnn(CCO)c1. The van der Waals surface area contributed by atoms with Crippen molar-refractivity contribution in [2.45, 2.75) is 26.4 Å². The minimum absolute atomic E-state index is 0.147. The third-order valence-corrected chi connectivity index (χ3v) is 3.03. The lowest BCUT2D eigenvalue weighted by Crippen LogP contribution is -2.16. The zero-order chi connectivity index (χ0) is 10.7. The molecule has 2 N–H and O–H groups in total. The fourth-order valence-corrected chi connectivity index (χ4v) is 1.81. The van der Waals surface area contributed by atoms with Crippen molar-refractivity contribution in [1.29, 1.82) is 0 Å². The molecule has 0 amide bonds. The third kappa shape index (κ3) is 3.04. The van der Waals surface area contributed by atoms with E-state index < -0.39 is 0 Å². The first-order valence-corrected chi connectivity index (χ1v) is 5.62. The van der Waals surface area contributed by atoms with E-state index in [1.165, 1.54) is 12.0 Å². The molecule has 1 aliphatic rings.